The summed E-state index contributed by atoms with van der Waals surface area (Å²) in [5.41, 5.74) is 5.07. The summed E-state index contributed by atoms with van der Waals surface area (Å²) >= 11 is 5.10. The molecule has 0 atom stereocenters. The second kappa shape index (κ2) is 5.06. The number of rotatable bonds is 5. The monoisotopic (exact) mass is 228 g/mol. The fourth-order valence-electron chi connectivity index (χ4n) is 1.40. The van der Waals surface area contributed by atoms with Crippen molar-refractivity contribution >= 4 is 18.1 Å². The van der Waals surface area contributed by atoms with Crippen molar-refractivity contribution < 1.29 is 4.79 Å². The lowest BCUT2D eigenvalue weighted by Gasteiger charge is -2.07. The molecule has 0 unspecified atom stereocenters. The predicted molar refractivity (Wildman–Crippen MR) is 59.9 cm³/mol. The molecular formula is C9H16N4OS. The fraction of sp³-hybridized carbons (Fsp3) is 0.667. The van der Waals surface area contributed by atoms with E-state index in [0.29, 0.717) is 30.1 Å². The molecule has 5 nitrogen and oxygen atoms in total. The van der Waals surface area contributed by atoms with Gasteiger partial charge in [0.2, 0.25) is 5.91 Å². The predicted octanol–water partition coefficient (Wildman–Crippen LogP) is 1.33. The Kier molecular flexibility index (Phi) is 4.02. The van der Waals surface area contributed by atoms with Gasteiger partial charge in [0.05, 0.1) is 0 Å². The van der Waals surface area contributed by atoms with Gasteiger partial charge in [-0.2, -0.15) is 5.10 Å². The van der Waals surface area contributed by atoms with Crippen LogP contribution in [-0.2, 0) is 11.3 Å². The largest absolute Gasteiger partial charge is 0.370 e. The van der Waals surface area contributed by atoms with Gasteiger partial charge in [-0.05, 0) is 18.6 Å². The number of carbonyl (C=O) groups is 1. The van der Waals surface area contributed by atoms with Gasteiger partial charge in [-0.15, -0.1) is 0 Å². The van der Waals surface area contributed by atoms with Crippen LogP contribution in [0.15, 0.2) is 0 Å². The number of hydrogen-bond donors (Lipinski definition) is 2. The number of hydrogen-bond acceptors (Lipinski definition) is 3. The Morgan fingerprint density at radius 2 is 2.33 bits per heavy atom. The van der Waals surface area contributed by atoms with Crippen LogP contribution in [0.2, 0.25) is 0 Å². The minimum Gasteiger partial charge on any atom is -0.370 e. The average Bonchev–Trinajstić information content (AvgIpc) is 2.47. The van der Waals surface area contributed by atoms with E-state index in [1.165, 1.54) is 0 Å². The van der Waals surface area contributed by atoms with E-state index in [-0.39, 0.29) is 5.91 Å². The number of H-pyrrole nitrogens is 1. The van der Waals surface area contributed by atoms with E-state index in [1.54, 1.807) is 0 Å². The number of carbonyl (C=O) groups excluding carboxylic acids is 1. The summed E-state index contributed by atoms with van der Waals surface area (Å²) < 4.78 is 2.52. The molecule has 1 aromatic rings. The highest BCUT2D eigenvalue weighted by Crippen LogP contribution is 2.12. The first-order valence-corrected chi connectivity index (χ1v) is 5.36. The molecule has 0 radical (unpaired) electrons. The minimum atomic E-state index is -0.281. The zero-order valence-corrected chi connectivity index (χ0v) is 9.80. The first-order chi connectivity index (χ1) is 7.02. The zero-order chi connectivity index (χ0) is 11.4. The topological polar surface area (TPSA) is 76.7 Å². The van der Waals surface area contributed by atoms with Crippen molar-refractivity contribution in [1.82, 2.24) is 14.8 Å². The van der Waals surface area contributed by atoms with Crippen molar-refractivity contribution in [2.45, 2.75) is 39.2 Å². The molecule has 0 bridgehead atoms. The Hall–Kier alpha value is -1.17. The maximum atomic E-state index is 10.6. The summed E-state index contributed by atoms with van der Waals surface area (Å²) in [6.45, 7) is 4.79. The van der Waals surface area contributed by atoms with Gasteiger partial charge in [0.25, 0.3) is 0 Å². The Morgan fingerprint density at radius 3 is 2.87 bits per heavy atom. The van der Waals surface area contributed by atoms with Crippen LogP contribution in [0.5, 0.6) is 0 Å². The van der Waals surface area contributed by atoms with Gasteiger partial charge in [-0.25, -0.2) is 0 Å². The second-order valence-corrected chi connectivity index (χ2v) is 4.15. The molecular weight excluding hydrogens is 212 g/mol. The molecule has 1 heterocycles. The van der Waals surface area contributed by atoms with Crippen molar-refractivity contribution in [2.24, 2.45) is 5.73 Å². The lowest BCUT2D eigenvalue weighted by Crippen LogP contribution is -2.12. The average molecular weight is 228 g/mol. The number of nitrogens with one attached hydrogen (secondary N) is 1. The molecule has 0 fully saturated rings. The van der Waals surface area contributed by atoms with E-state index in [1.807, 2.05) is 4.57 Å². The van der Waals surface area contributed by atoms with Gasteiger partial charge < -0.3 is 10.3 Å². The van der Waals surface area contributed by atoms with Crippen LogP contribution in [0.4, 0.5) is 0 Å². The number of amides is 1. The standard InChI is InChI=1S/C9H16N4OS/c1-6(2)8-11-12-9(15)13(8)5-3-4-7(10)14/h6H,3-5H2,1-2H3,(H2,10,14)(H,12,15). The van der Waals surface area contributed by atoms with Crippen LogP contribution in [0.25, 0.3) is 0 Å². The number of aromatic nitrogens is 3. The van der Waals surface area contributed by atoms with Gasteiger partial charge in [0.1, 0.15) is 5.82 Å². The van der Waals surface area contributed by atoms with Crippen molar-refractivity contribution in [3.63, 3.8) is 0 Å². The van der Waals surface area contributed by atoms with Crippen LogP contribution in [-0.4, -0.2) is 20.7 Å². The molecule has 0 spiro atoms. The number of nitrogens with zero attached hydrogens (tertiary/aromatic N) is 2. The Balaban J connectivity index is 2.71. The van der Waals surface area contributed by atoms with E-state index in [0.717, 1.165) is 5.82 Å². The van der Waals surface area contributed by atoms with Crippen LogP contribution in [0.3, 0.4) is 0 Å². The third-order valence-electron chi connectivity index (χ3n) is 2.11. The quantitative estimate of drug-likeness (QED) is 0.746. The molecule has 1 rings (SSSR count). The zero-order valence-electron chi connectivity index (χ0n) is 8.99. The SMILES string of the molecule is CC(C)c1n[nH]c(=S)n1CCCC(N)=O. The molecule has 0 aliphatic carbocycles. The molecule has 1 aromatic heterocycles. The summed E-state index contributed by atoms with van der Waals surface area (Å²) in [4.78, 5) is 10.6. The highest BCUT2D eigenvalue weighted by Gasteiger charge is 2.09. The van der Waals surface area contributed by atoms with Crippen molar-refractivity contribution in [2.75, 3.05) is 0 Å². The molecule has 0 aromatic carbocycles. The number of primary amides is 1. The van der Waals surface area contributed by atoms with E-state index < -0.39 is 0 Å². The highest BCUT2D eigenvalue weighted by atomic mass is 32.1. The number of nitrogens with two attached hydrogens (primary N) is 1. The molecule has 0 aliphatic rings. The van der Waals surface area contributed by atoms with Gasteiger partial charge in [-0.1, -0.05) is 13.8 Å². The lowest BCUT2D eigenvalue weighted by atomic mass is 10.2. The van der Waals surface area contributed by atoms with Crippen LogP contribution < -0.4 is 5.73 Å². The van der Waals surface area contributed by atoms with Gasteiger partial charge >= 0.3 is 0 Å². The van der Waals surface area contributed by atoms with Crippen LogP contribution >= 0.6 is 12.2 Å². The van der Waals surface area contributed by atoms with Gasteiger partial charge in [-0.3, -0.25) is 9.89 Å². The van der Waals surface area contributed by atoms with Gasteiger partial charge in [0.15, 0.2) is 4.77 Å². The van der Waals surface area contributed by atoms with E-state index in [2.05, 4.69) is 24.0 Å². The second-order valence-electron chi connectivity index (χ2n) is 3.76. The van der Waals surface area contributed by atoms with E-state index in [9.17, 15) is 4.79 Å². The molecule has 0 saturated heterocycles. The maximum Gasteiger partial charge on any atom is 0.217 e. The molecule has 15 heavy (non-hydrogen) atoms. The molecule has 6 heteroatoms. The summed E-state index contributed by atoms with van der Waals surface area (Å²) in [6.07, 6.45) is 1.08. The molecule has 3 N–H and O–H groups in total. The lowest BCUT2D eigenvalue weighted by molar-refractivity contribution is -0.118. The van der Waals surface area contributed by atoms with E-state index >= 15 is 0 Å². The molecule has 0 aliphatic heterocycles. The maximum absolute atomic E-state index is 10.6. The molecule has 84 valence electrons. The highest BCUT2D eigenvalue weighted by molar-refractivity contribution is 7.71. The van der Waals surface area contributed by atoms with Crippen molar-refractivity contribution in [1.29, 1.82) is 0 Å². The third kappa shape index (κ3) is 3.16. The first kappa shape index (κ1) is 11.9. The first-order valence-electron chi connectivity index (χ1n) is 4.95. The summed E-state index contributed by atoms with van der Waals surface area (Å²) in [6, 6.07) is 0. The Bertz CT molecular complexity index is 393. The van der Waals surface area contributed by atoms with E-state index in [4.69, 9.17) is 18.0 Å². The Morgan fingerprint density at radius 1 is 1.67 bits per heavy atom. The molecule has 0 saturated carbocycles. The summed E-state index contributed by atoms with van der Waals surface area (Å²) in [5, 5.41) is 6.90. The summed E-state index contributed by atoms with van der Waals surface area (Å²) in [5.74, 6) is 0.951. The smallest absolute Gasteiger partial charge is 0.217 e. The van der Waals surface area contributed by atoms with Crippen LogP contribution in [0.1, 0.15) is 38.4 Å². The normalized spacial score (nSPS) is 10.9. The van der Waals surface area contributed by atoms with Crippen molar-refractivity contribution in [3.05, 3.63) is 10.6 Å². The van der Waals surface area contributed by atoms with Gasteiger partial charge in [0, 0.05) is 18.9 Å². The Labute approximate surface area is 93.7 Å². The van der Waals surface area contributed by atoms with Crippen molar-refractivity contribution in [3.8, 4) is 0 Å². The van der Waals surface area contributed by atoms with Crippen LogP contribution in [0, 0.1) is 4.77 Å². The minimum absolute atomic E-state index is 0.281. The summed E-state index contributed by atoms with van der Waals surface area (Å²) in [7, 11) is 0. The third-order valence-corrected chi connectivity index (χ3v) is 2.42. The fourth-order valence-corrected chi connectivity index (χ4v) is 1.63. The molecule has 1 amide bonds. The number of aromatic amines is 1.